The van der Waals surface area contributed by atoms with E-state index in [1.54, 1.807) is 0 Å². The smallest absolute Gasteiger partial charge is 0.177 e. The third kappa shape index (κ3) is 4.71. The Bertz CT molecular complexity index is 744. The largest absolute Gasteiger partial charge is 0.381 e. The molecule has 0 saturated carbocycles. The van der Waals surface area contributed by atoms with Crippen LogP contribution in [0.1, 0.15) is 34.1 Å². The van der Waals surface area contributed by atoms with Crippen molar-refractivity contribution in [2.24, 2.45) is 5.41 Å². The van der Waals surface area contributed by atoms with E-state index in [1.165, 1.54) is 18.2 Å². The number of hydrogen-bond donors (Lipinski definition) is 1. The first-order valence-corrected chi connectivity index (χ1v) is 10.9. The molecule has 1 atom stereocenters. The van der Waals surface area contributed by atoms with Gasteiger partial charge in [-0.15, -0.1) is 0 Å². The van der Waals surface area contributed by atoms with Gasteiger partial charge in [0.2, 0.25) is 0 Å². The Labute approximate surface area is 134 Å². The predicted octanol–water partition coefficient (Wildman–Crippen LogP) is 2.73. The lowest BCUT2D eigenvalue weighted by molar-refractivity contribution is 0.333. The summed E-state index contributed by atoms with van der Waals surface area (Å²) >= 11 is 0. The SMILES string of the molecule is CC[C@H](Nc1ccc(S(C)(=O)=O)cc1S(C)(=O)=O)C(C)(C)C. The van der Waals surface area contributed by atoms with Gasteiger partial charge in [0.05, 0.1) is 15.5 Å². The van der Waals surface area contributed by atoms with Crippen LogP contribution in [0, 0.1) is 5.41 Å². The van der Waals surface area contributed by atoms with E-state index in [-0.39, 0.29) is 21.2 Å². The average molecular weight is 348 g/mol. The van der Waals surface area contributed by atoms with E-state index in [9.17, 15) is 16.8 Å². The minimum atomic E-state index is -3.54. The van der Waals surface area contributed by atoms with Gasteiger partial charge in [0.15, 0.2) is 19.7 Å². The summed E-state index contributed by atoms with van der Waals surface area (Å²) in [7, 11) is -7.00. The van der Waals surface area contributed by atoms with Gasteiger partial charge in [-0.1, -0.05) is 27.7 Å². The molecule has 0 fully saturated rings. The second-order valence-corrected chi connectivity index (χ2v) is 10.7. The van der Waals surface area contributed by atoms with Crippen LogP contribution in [-0.2, 0) is 19.7 Å². The molecule has 22 heavy (non-hydrogen) atoms. The van der Waals surface area contributed by atoms with E-state index in [4.69, 9.17) is 0 Å². The van der Waals surface area contributed by atoms with Crippen molar-refractivity contribution in [3.05, 3.63) is 18.2 Å². The Morgan fingerprint density at radius 1 is 1.05 bits per heavy atom. The molecule has 0 aliphatic heterocycles. The molecular weight excluding hydrogens is 322 g/mol. The van der Waals surface area contributed by atoms with Crippen molar-refractivity contribution in [3.8, 4) is 0 Å². The maximum atomic E-state index is 12.0. The van der Waals surface area contributed by atoms with Crippen LogP contribution in [-0.4, -0.2) is 35.4 Å². The lowest BCUT2D eigenvalue weighted by Crippen LogP contribution is -2.33. The summed E-state index contributed by atoms with van der Waals surface area (Å²) in [6.45, 7) is 8.23. The fourth-order valence-electron chi connectivity index (χ4n) is 2.28. The third-order valence-electron chi connectivity index (χ3n) is 3.56. The van der Waals surface area contributed by atoms with Crippen LogP contribution in [0.4, 0.5) is 5.69 Å². The second-order valence-electron chi connectivity index (χ2n) is 6.67. The Kier molecular flexibility index (Phi) is 5.34. The van der Waals surface area contributed by atoms with Crippen molar-refractivity contribution in [2.45, 2.75) is 49.9 Å². The van der Waals surface area contributed by atoms with E-state index in [2.05, 4.69) is 26.1 Å². The Morgan fingerprint density at radius 2 is 1.59 bits per heavy atom. The van der Waals surface area contributed by atoms with Gasteiger partial charge < -0.3 is 5.32 Å². The van der Waals surface area contributed by atoms with Crippen molar-refractivity contribution >= 4 is 25.4 Å². The zero-order valence-corrected chi connectivity index (χ0v) is 15.6. The lowest BCUT2D eigenvalue weighted by Gasteiger charge is -2.32. The quantitative estimate of drug-likeness (QED) is 0.886. The monoisotopic (exact) mass is 347 g/mol. The highest BCUT2D eigenvalue weighted by molar-refractivity contribution is 7.91. The summed E-state index contributed by atoms with van der Waals surface area (Å²) in [4.78, 5) is 0.0143. The maximum Gasteiger partial charge on any atom is 0.177 e. The first-order valence-electron chi connectivity index (χ1n) is 7.07. The van der Waals surface area contributed by atoms with E-state index >= 15 is 0 Å². The van der Waals surface area contributed by atoms with Crippen molar-refractivity contribution in [3.63, 3.8) is 0 Å². The summed E-state index contributed by atoms with van der Waals surface area (Å²) in [5.74, 6) is 0. The van der Waals surface area contributed by atoms with Crippen LogP contribution >= 0.6 is 0 Å². The fraction of sp³-hybridized carbons (Fsp3) is 0.600. The highest BCUT2D eigenvalue weighted by Crippen LogP contribution is 2.30. The number of hydrogen-bond acceptors (Lipinski definition) is 5. The molecule has 1 aromatic rings. The number of sulfone groups is 2. The first-order chi connectivity index (χ1) is 9.76. The van der Waals surface area contributed by atoms with Crippen LogP contribution in [0.15, 0.2) is 28.0 Å². The predicted molar refractivity (Wildman–Crippen MR) is 89.8 cm³/mol. The molecule has 0 saturated heterocycles. The molecule has 0 amide bonds. The van der Waals surface area contributed by atoms with E-state index in [0.29, 0.717) is 5.69 Å². The van der Waals surface area contributed by atoms with Crippen molar-refractivity contribution < 1.29 is 16.8 Å². The van der Waals surface area contributed by atoms with Gasteiger partial charge >= 0.3 is 0 Å². The summed E-state index contributed by atoms with van der Waals surface area (Å²) in [5.41, 5.74) is 0.385. The van der Waals surface area contributed by atoms with E-state index < -0.39 is 19.7 Å². The van der Waals surface area contributed by atoms with Crippen LogP contribution < -0.4 is 5.32 Å². The molecule has 1 N–H and O–H groups in total. The van der Waals surface area contributed by atoms with Gasteiger partial charge in [-0.2, -0.15) is 0 Å². The molecule has 1 aromatic carbocycles. The summed E-state index contributed by atoms with van der Waals surface area (Å²) in [6, 6.07) is 4.25. The van der Waals surface area contributed by atoms with Crippen LogP contribution in [0.5, 0.6) is 0 Å². The number of rotatable bonds is 5. The molecule has 0 unspecified atom stereocenters. The molecule has 0 aromatic heterocycles. The number of benzene rings is 1. The molecule has 0 heterocycles. The van der Waals surface area contributed by atoms with Crippen LogP contribution in [0.3, 0.4) is 0 Å². The Balaban J connectivity index is 3.44. The van der Waals surface area contributed by atoms with Crippen LogP contribution in [0.2, 0.25) is 0 Å². The highest BCUT2D eigenvalue weighted by atomic mass is 32.2. The zero-order valence-electron chi connectivity index (χ0n) is 14.0. The molecule has 7 heteroatoms. The third-order valence-corrected chi connectivity index (χ3v) is 5.81. The Morgan fingerprint density at radius 3 is 1.95 bits per heavy atom. The number of nitrogens with one attached hydrogen (secondary N) is 1. The van der Waals surface area contributed by atoms with Gasteiger partial charge in [0.1, 0.15) is 0 Å². The Hall–Kier alpha value is -1.08. The molecule has 0 radical (unpaired) electrons. The minimum Gasteiger partial charge on any atom is -0.381 e. The van der Waals surface area contributed by atoms with Gasteiger partial charge in [0.25, 0.3) is 0 Å². The average Bonchev–Trinajstić information content (AvgIpc) is 2.32. The zero-order chi connectivity index (χ0) is 17.3. The normalized spacial score (nSPS) is 14.6. The number of anilines is 1. The standard InChI is InChI=1S/C15H25NO4S2/c1-7-14(15(2,3)4)16-12-9-8-11(21(5,17)18)10-13(12)22(6,19)20/h8-10,14,16H,7H2,1-6H3/t14-/m0/s1. The minimum absolute atomic E-state index is 0.00211. The summed E-state index contributed by atoms with van der Waals surface area (Å²) < 4.78 is 47.3. The summed E-state index contributed by atoms with van der Waals surface area (Å²) in [5, 5.41) is 3.25. The molecule has 0 aliphatic carbocycles. The van der Waals surface area contributed by atoms with Gasteiger partial charge in [-0.25, -0.2) is 16.8 Å². The van der Waals surface area contributed by atoms with Crippen molar-refractivity contribution in [1.29, 1.82) is 0 Å². The molecule has 0 aliphatic rings. The van der Waals surface area contributed by atoms with Crippen molar-refractivity contribution in [2.75, 3.05) is 17.8 Å². The lowest BCUT2D eigenvalue weighted by atomic mass is 9.85. The highest BCUT2D eigenvalue weighted by Gasteiger charge is 2.25. The van der Waals surface area contributed by atoms with Crippen molar-refractivity contribution in [1.82, 2.24) is 0 Å². The van der Waals surface area contributed by atoms with Gasteiger partial charge in [-0.3, -0.25) is 0 Å². The van der Waals surface area contributed by atoms with Crippen LogP contribution in [0.25, 0.3) is 0 Å². The van der Waals surface area contributed by atoms with Gasteiger partial charge in [-0.05, 0) is 30.0 Å². The topological polar surface area (TPSA) is 80.3 Å². The summed E-state index contributed by atoms with van der Waals surface area (Å²) in [6.07, 6.45) is 2.96. The first kappa shape index (κ1) is 19.0. The second kappa shape index (κ2) is 6.20. The molecule has 5 nitrogen and oxygen atoms in total. The molecule has 1 rings (SSSR count). The van der Waals surface area contributed by atoms with Gasteiger partial charge in [0, 0.05) is 18.6 Å². The maximum absolute atomic E-state index is 12.0. The molecule has 0 spiro atoms. The van der Waals surface area contributed by atoms with E-state index in [0.717, 1.165) is 18.9 Å². The molecule has 0 bridgehead atoms. The molecular formula is C15H25NO4S2. The fourth-order valence-corrected chi connectivity index (χ4v) is 3.87. The molecule has 126 valence electrons. The van der Waals surface area contributed by atoms with E-state index in [1.807, 2.05) is 6.92 Å².